The van der Waals surface area contributed by atoms with E-state index in [1.807, 2.05) is 0 Å². The second-order valence-corrected chi connectivity index (χ2v) is 3.04. The third kappa shape index (κ3) is 3.37. The molecule has 1 N–H and O–H groups in total. The molecule has 1 aromatic rings. The first kappa shape index (κ1) is 14.3. The highest BCUT2D eigenvalue weighted by atomic mass is 19.4. The van der Waals surface area contributed by atoms with Gasteiger partial charge in [0.2, 0.25) is 5.88 Å². The molecule has 0 bridgehead atoms. The number of halogens is 7. The number of nitrogens with one attached hydrogen (secondary N) is 1. The molecular weight excluding hydrogens is 275 g/mol. The zero-order valence-corrected chi connectivity index (χ0v) is 8.25. The van der Waals surface area contributed by atoms with Gasteiger partial charge in [-0.3, -0.25) is 4.79 Å². The lowest BCUT2D eigenvalue weighted by molar-refractivity contribution is -0.278. The van der Waals surface area contributed by atoms with Gasteiger partial charge in [0.25, 0.3) is 0 Å². The van der Waals surface area contributed by atoms with Crippen molar-refractivity contribution >= 4 is 0 Å². The molecule has 0 saturated carbocycles. The molecule has 0 fully saturated rings. The molecule has 3 nitrogen and oxygen atoms in total. The molecule has 1 aromatic heterocycles. The van der Waals surface area contributed by atoms with Crippen LogP contribution in [0, 0.1) is 0 Å². The third-order valence-corrected chi connectivity index (χ3v) is 1.70. The molecule has 0 saturated heterocycles. The maximum Gasteiger partial charge on any atom is 0.574 e. The van der Waals surface area contributed by atoms with E-state index in [9.17, 15) is 35.5 Å². The molecule has 0 atom stereocenters. The number of hydrogen-bond donors (Lipinski definition) is 1. The van der Waals surface area contributed by atoms with Crippen LogP contribution < -0.4 is 10.2 Å². The fourth-order valence-corrected chi connectivity index (χ4v) is 1.12. The summed E-state index contributed by atoms with van der Waals surface area (Å²) in [6, 6.07) is 0.214. The van der Waals surface area contributed by atoms with Gasteiger partial charge in [-0.25, -0.2) is 4.39 Å². The van der Waals surface area contributed by atoms with Gasteiger partial charge in [0.1, 0.15) is 6.67 Å². The molecule has 0 aliphatic heterocycles. The predicted molar refractivity (Wildman–Crippen MR) is 43.6 cm³/mol. The SMILES string of the molecule is O=c1cc(CF)[nH]c(OC(F)(F)F)c1C(F)(F)F. The van der Waals surface area contributed by atoms with E-state index >= 15 is 0 Å². The fourth-order valence-electron chi connectivity index (χ4n) is 1.12. The lowest BCUT2D eigenvalue weighted by atomic mass is 10.2. The number of rotatable bonds is 2. The molecule has 18 heavy (non-hydrogen) atoms. The van der Waals surface area contributed by atoms with Crippen molar-refractivity contribution in [1.29, 1.82) is 0 Å². The minimum atomic E-state index is -5.45. The van der Waals surface area contributed by atoms with Gasteiger partial charge in [-0.05, 0) is 0 Å². The van der Waals surface area contributed by atoms with Crippen molar-refractivity contribution in [2.24, 2.45) is 0 Å². The minimum Gasteiger partial charge on any atom is -0.389 e. The van der Waals surface area contributed by atoms with E-state index < -0.39 is 41.8 Å². The van der Waals surface area contributed by atoms with Gasteiger partial charge >= 0.3 is 12.5 Å². The van der Waals surface area contributed by atoms with Crippen molar-refractivity contribution in [3.05, 3.63) is 27.5 Å². The monoisotopic (exact) mass is 279 g/mol. The molecule has 102 valence electrons. The Morgan fingerprint density at radius 1 is 1.17 bits per heavy atom. The highest BCUT2D eigenvalue weighted by molar-refractivity contribution is 5.31. The van der Waals surface area contributed by atoms with Crippen LogP contribution in [0.2, 0.25) is 0 Å². The van der Waals surface area contributed by atoms with E-state index in [-0.39, 0.29) is 6.07 Å². The van der Waals surface area contributed by atoms with Crippen LogP contribution in [0.5, 0.6) is 5.88 Å². The summed E-state index contributed by atoms with van der Waals surface area (Å²) >= 11 is 0. The molecule has 0 spiro atoms. The number of pyridine rings is 1. The number of aromatic amines is 1. The summed E-state index contributed by atoms with van der Waals surface area (Å²) in [5.41, 5.74) is -4.74. The summed E-state index contributed by atoms with van der Waals surface area (Å²) in [5.74, 6) is -1.88. The summed E-state index contributed by atoms with van der Waals surface area (Å²) in [6.07, 6.45) is -10.8. The largest absolute Gasteiger partial charge is 0.574 e. The van der Waals surface area contributed by atoms with E-state index in [4.69, 9.17) is 0 Å². The number of hydrogen-bond acceptors (Lipinski definition) is 2. The second kappa shape index (κ2) is 4.50. The zero-order valence-electron chi connectivity index (χ0n) is 8.25. The molecule has 0 radical (unpaired) electrons. The minimum absolute atomic E-state index is 0.214. The first-order valence-corrected chi connectivity index (χ1v) is 4.19. The lowest BCUT2D eigenvalue weighted by Crippen LogP contribution is -2.26. The van der Waals surface area contributed by atoms with Crippen LogP contribution in [0.15, 0.2) is 10.9 Å². The standard InChI is InChI=1S/C8H4F7NO2/c9-2-3-1-4(17)5(7(10,11)12)6(16-3)18-8(13,14)15/h1H,2H2,(H,16,17). The van der Waals surface area contributed by atoms with Crippen LogP contribution in [-0.4, -0.2) is 11.3 Å². The first-order chi connectivity index (χ1) is 8.04. The van der Waals surface area contributed by atoms with E-state index in [2.05, 4.69) is 4.74 Å². The molecule has 1 rings (SSSR count). The quantitative estimate of drug-likeness (QED) is 0.846. The second-order valence-electron chi connectivity index (χ2n) is 3.04. The van der Waals surface area contributed by atoms with E-state index in [0.717, 1.165) is 0 Å². The van der Waals surface area contributed by atoms with E-state index in [1.165, 1.54) is 4.98 Å². The summed E-state index contributed by atoms with van der Waals surface area (Å²) in [5, 5.41) is 0. The Balaban J connectivity index is 3.44. The molecule has 10 heteroatoms. The Morgan fingerprint density at radius 2 is 1.72 bits per heavy atom. The summed E-state index contributed by atoms with van der Waals surface area (Å²) < 4.78 is 87.9. The van der Waals surface area contributed by atoms with Gasteiger partial charge in [0, 0.05) is 6.07 Å². The zero-order chi connectivity index (χ0) is 14.1. The normalized spacial score (nSPS) is 12.6. The number of H-pyrrole nitrogens is 1. The molecule has 0 aliphatic rings. The van der Waals surface area contributed by atoms with Gasteiger partial charge in [-0.15, -0.1) is 13.2 Å². The van der Waals surface area contributed by atoms with E-state index in [0.29, 0.717) is 0 Å². The molecular formula is C8H4F7NO2. The van der Waals surface area contributed by atoms with Gasteiger partial charge in [-0.2, -0.15) is 13.2 Å². The van der Waals surface area contributed by atoms with Gasteiger partial charge in [-0.1, -0.05) is 0 Å². The highest BCUT2D eigenvalue weighted by Crippen LogP contribution is 2.34. The van der Waals surface area contributed by atoms with Gasteiger partial charge in [0.05, 0.1) is 5.69 Å². The lowest BCUT2D eigenvalue weighted by Gasteiger charge is -2.15. The first-order valence-electron chi connectivity index (χ1n) is 4.19. The van der Waals surface area contributed by atoms with Crippen LogP contribution in [-0.2, 0) is 12.9 Å². The molecule has 0 aliphatic carbocycles. The Kier molecular flexibility index (Phi) is 3.58. The molecule has 0 amide bonds. The Hall–Kier alpha value is -1.74. The Morgan fingerprint density at radius 3 is 2.11 bits per heavy atom. The third-order valence-electron chi connectivity index (χ3n) is 1.70. The van der Waals surface area contributed by atoms with Crippen molar-refractivity contribution in [1.82, 2.24) is 4.98 Å². The van der Waals surface area contributed by atoms with Crippen molar-refractivity contribution in [2.75, 3.05) is 0 Å². The van der Waals surface area contributed by atoms with Gasteiger partial charge < -0.3 is 9.72 Å². The number of alkyl halides is 7. The van der Waals surface area contributed by atoms with Crippen molar-refractivity contribution in [2.45, 2.75) is 19.2 Å². The van der Waals surface area contributed by atoms with Crippen LogP contribution >= 0.6 is 0 Å². The summed E-state index contributed by atoms with van der Waals surface area (Å²) in [4.78, 5) is 12.4. The Labute approximate surface area is 94.2 Å². The van der Waals surface area contributed by atoms with Gasteiger partial charge in [0.15, 0.2) is 11.0 Å². The average molecular weight is 279 g/mol. The summed E-state index contributed by atoms with van der Waals surface area (Å²) in [7, 11) is 0. The summed E-state index contributed by atoms with van der Waals surface area (Å²) in [6.45, 7) is -1.44. The van der Waals surface area contributed by atoms with Crippen molar-refractivity contribution in [3.8, 4) is 5.88 Å². The number of ether oxygens (including phenoxy) is 1. The maximum absolute atomic E-state index is 12.4. The van der Waals surface area contributed by atoms with Crippen molar-refractivity contribution < 1.29 is 35.5 Å². The number of aromatic nitrogens is 1. The van der Waals surface area contributed by atoms with E-state index in [1.54, 1.807) is 0 Å². The Bertz CT molecular complexity index is 488. The smallest absolute Gasteiger partial charge is 0.389 e. The molecule has 1 heterocycles. The predicted octanol–water partition coefficient (Wildman–Crippen LogP) is 2.76. The topological polar surface area (TPSA) is 42.1 Å². The van der Waals surface area contributed by atoms with Crippen molar-refractivity contribution in [3.63, 3.8) is 0 Å². The fraction of sp³-hybridized carbons (Fsp3) is 0.375. The molecule has 0 unspecified atom stereocenters. The van der Waals surface area contributed by atoms with Crippen LogP contribution in [0.1, 0.15) is 11.3 Å². The average Bonchev–Trinajstić information content (AvgIpc) is 2.11. The van der Waals surface area contributed by atoms with Crippen LogP contribution in [0.4, 0.5) is 30.7 Å². The highest BCUT2D eigenvalue weighted by Gasteiger charge is 2.42. The van der Waals surface area contributed by atoms with Crippen LogP contribution in [0.25, 0.3) is 0 Å². The maximum atomic E-state index is 12.4. The molecule has 0 aromatic carbocycles. The van der Waals surface area contributed by atoms with Crippen LogP contribution in [0.3, 0.4) is 0 Å².